The molecule has 0 saturated carbocycles. The molecule has 0 unspecified atom stereocenters. The van der Waals surface area contributed by atoms with Crippen LogP contribution in [0.25, 0.3) is 0 Å². The fourth-order valence-electron chi connectivity index (χ4n) is 2.13. The van der Waals surface area contributed by atoms with Crippen molar-refractivity contribution in [3.05, 3.63) is 54.1 Å². The number of nitrogens with zero attached hydrogens (tertiary/aromatic N) is 2. The van der Waals surface area contributed by atoms with Gasteiger partial charge in [-0.05, 0) is 51.2 Å². The smallest absolute Gasteiger partial charge is 0.294 e. The van der Waals surface area contributed by atoms with Crippen LogP contribution in [0.15, 0.2) is 47.5 Å². The number of hydrogen-bond donors (Lipinski definition) is 1. The normalized spacial score (nSPS) is 17.2. The fourth-order valence-corrected chi connectivity index (χ4v) is 2.61. The summed E-state index contributed by atoms with van der Waals surface area (Å²) in [7, 11) is -1.95. The van der Waals surface area contributed by atoms with E-state index in [0.717, 1.165) is 12.1 Å². The molecule has 1 N–H and O–H groups in total. The van der Waals surface area contributed by atoms with Crippen LogP contribution in [0.3, 0.4) is 0 Å². The maximum Gasteiger partial charge on any atom is 0.294 e. The first kappa shape index (κ1) is 19.3. The van der Waals surface area contributed by atoms with Crippen molar-refractivity contribution in [2.24, 2.45) is 0 Å². The van der Waals surface area contributed by atoms with E-state index < -0.39 is 16.1 Å². The zero-order valence-electron chi connectivity index (χ0n) is 14.1. The van der Waals surface area contributed by atoms with E-state index in [2.05, 4.69) is 16.9 Å². The summed E-state index contributed by atoms with van der Waals surface area (Å²) in [5.74, 6) is 0.157. The SMILES string of the molecule is CN1CC[C@H]1COc1ccc(F)nc1.Cc1ccc(S(=O)(=O)O)cc1. The third-order valence-corrected chi connectivity index (χ3v) is 4.77. The van der Waals surface area contributed by atoms with E-state index in [0.29, 0.717) is 18.4 Å². The molecule has 1 fully saturated rings. The highest BCUT2D eigenvalue weighted by Crippen LogP contribution is 2.16. The lowest BCUT2D eigenvalue weighted by Gasteiger charge is -2.37. The summed E-state index contributed by atoms with van der Waals surface area (Å²) in [4.78, 5) is 5.68. The first-order valence-electron chi connectivity index (χ1n) is 7.74. The Bertz CT molecular complexity index is 779. The molecule has 1 aromatic carbocycles. The van der Waals surface area contributed by atoms with Crippen LogP contribution in [-0.4, -0.2) is 49.1 Å². The van der Waals surface area contributed by atoms with Gasteiger partial charge in [-0.25, -0.2) is 4.98 Å². The summed E-state index contributed by atoms with van der Waals surface area (Å²) < 4.78 is 47.5. The summed E-state index contributed by atoms with van der Waals surface area (Å²) in [5.41, 5.74) is 0.956. The molecule has 25 heavy (non-hydrogen) atoms. The highest BCUT2D eigenvalue weighted by Gasteiger charge is 2.24. The Morgan fingerprint density at radius 2 is 1.96 bits per heavy atom. The van der Waals surface area contributed by atoms with Crippen LogP contribution in [0, 0.1) is 12.9 Å². The van der Waals surface area contributed by atoms with E-state index in [-0.39, 0.29) is 4.90 Å². The Hall–Kier alpha value is -2.03. The van der Waals surface area contributed by atoms with Crippen molar-refractivity contribution in [3.8, 4) is 5.75 Å². The lowest BCUT2D eigenvalue weighted by molar-refractivity contribution is 0.0767. The summed E-state index contributed by atoms with van der Waals surface area (Å²) >= 11 is 0. The molecule has 0 aliphatic carbocycles. The minimum Gasteiger partial charge on any atom is -0.490 e. The molecule has 136 valence electrons. The van der Waals surface area contributed by atoms with Crippen molar-refractivity contribution in [1.82, 2.24) is 9.88 Å². The summed E-state index contributed by atoms with van der Waals surface area (Å²) in [6, 6.07) is 9.39. The van der Waals surface area contributed by atoms with E-state index in [1.807, 2.05) is 6.92 Å². The second-order valence-electron chi connectivity index (χ2n) is 5.84. The van der Waals surface area contributed by atoms with Crippen molar-refractivity contribution < 1.29 is 22.1 Å². The average Bonchev–Trinajstić information content (AvgIpc) is 2.55. The van der Waals surface area contributed by atoms with Crippen LogP contribution in [0.2, 0.25) is 0 Å². The molecule has 6 nitrogen and oxygen atoms in total. The number of hydrogen-bond acceptors (Lipinski definition) is 5. The number of likely N-dealkylation sites (tertiary alicyclic amines) is 1. The third kappa shape index (κ3) is 6.08. The number of pyridine rings is 1. The largest absolute Gasteiger partial charge is 0.490 e. The summed E-state index contributed by atoms with van der Waals surface area (Å²) in [6.45, 7) is 3.63. The molecule has 2 aromatic rings. The van der Waals surface area contributed by atoms with Crippen LogP contribution in [0.1, 0.15) is 12.0 Å². The molecule has 0 bridgehead atoms. The minimum atomic E-state index is -4.02. The zero-order valence-corrected chi connectivity index (χ0v) is 14.9. The van der Waals surface area contributed by atoms with Crippen molar-refractivity contribution >= 4 is 10.1 Å². The van der Waals surface area contributed by atoms with Crippen LogP contribution < -0.4 is 4.74 Å². The van der Waals surface area contributed by atoms with Gasteiger partial charge in [0.25, 0.3) is 10.1 Å². The molecule has 0 radical (unpaired) electrons. The van der Waals surface area contributed by atoms with Gasteiger partial charge in [-0.1, -0.05) is 17.7 Å². The van der Waals surface area contributed by atoms with Gasteiger partial charge in [0.05, 0.1) is 11.1 Å². The maximum absolute atomic E-state index is 12.5. The van der Waals surface area contributed by atoms with Gasteiger partial charge in [-0.3, -0.25) is 9.45 Å². The molecule has 1 atom stereocenters. The summed E-state index contributed by atoms with van der Waals surface area (Å²) in [5, 5.41) is 0. The molecule has 1 aliphatic rings. The predicted molar refractivity (Wildman–Crippen MR) is 91.7 cm³/mol. The molecule has 0 amide bonds. The Balaban J connectivity index is 0.000000186. The van der Waals surface area contributed by atoms with Crippen LogP contribution in [-0.2, 0) is 10.1 Å². The first-order chi connectivity index (χ1) is 11.8. The van der Waals surface area contributed by atoms with Gasteiger partial charge in [-0.15, -0.1) is 0 Å². The van der Waals surface area contributed by atoms with E-state index in [4.69, 9.17) is 9.29 Å². The standard InChI is InChI=1S/C10H13FN2O.C7H8O3S/c1-13-5-4-8(13)7-14-9-2-3-10(11)12-6-9;1-6-2-4-7(5-3-6)11(8,9)10/h2-3,6,8H,4-5,7H2,1H3;2-5H,1H3,(H,8,9,10)/t8-;/m0./s1. The van der Waals surface area contributed by atoms with Crippen molar-refractivity contribution in [1.29, 1.82) is 0 Å². The number of aryl methyl sites for hydroxylation is 1. The quantitative estimate of drug-likeness (QED) is 0.660. The molecular formula is C17H21FN2O4S. The van der Waals surface area contributed by atoms with Gasteiger partial charge in [0.1, 0.15) is 12.4 Å². The average molecular weight is 368 g/mol. The van der Waals surface area contributed by atoms with Gasteiger partial charge < -0.3 is 4.74 Å². The van der Waals surface area contributed by atoms with Gasteiger partial charge in [0, 0.05) is 6.04 Å². The van der Waals surface area contributed by atoms with Crippen LogP contribution in [0.5, 0.6) is 5.75 Å². The number of rotatable bonds is 4. The molecule has 8 heteroatoms. The number of aromatic nitrogens is 1. The molecule has 3 rings (SSSR count). The van der Waals surface area contributed by atoms with Crippen LogP contribution >= 0.6 is 0 Å². The molecule has 1 aromatic heterocycles. The Kier molecular flexibility index (Phi) is 6.46. The predicted octanol–water partition coefficient (Wildman–Crippen LogP) is 2.55. The third-order valence-electron chi connectivity index (χ3n) is 3.90. The van der Waals surface area contributed by atoms with Gasteiger partial charge in [-0.2, -0.15) is 12.8 Å². The number of benzene rings is 1. The highest BCUT2D eigenvalue weighted by molar-refractivity contribution is 7.85. The van der Waals surface area contributed by atoms with E-state index in [9.17, 15) is 12.8 Å². The topological polar surface area (TPSA) is 79.7 Å². The number of halogens is 1. The number of ether oxygens (including phenoxy) is 1. The van der Waals surface area contributed by atoms with Crippen molar-refractivity contribution in [2.75, 3.05) is 20.2 Å². The minimum absolute atomic E-state index is 0.0666. The lowest BCUT2D eigenvalue weighted by Crippen LogP contribution is -2.48. The van der Waals surface area contributed by atoms with E-state index in [1.165, 1.54) is 30.8 Å². The Morgan fingerprint density at radius 1 is 1.28 bits per heavy atom. The maximum atomic E-state index is 12.5. The van der Waals surface area contributed by atoms with Gasteiger partial charge in [0.15, 0.2) is 0 Å². The zero-order chi connectivity index (χ0) is 18.4. The first-order valence-corrected chi connectivity index (χ1v) is 9.18. The highest BCUT2D eigenvalue weighted by atomic mass is 32.2. The van der Waals surface area contributed by atoms with Gasteiger partial charge in [0.2, 0.25) is 5.95 Å². The molecular weight excluding hydrogens is 347 g/mol. The molecule has 1 aliphatic heterocycles. The van der Waals surface area contributed by atoms with Crippen molar-refractivity contribution in [2.45, 2.75) is 24.3 Å². The summed E-state index contributed by atoms with van der Waals surface area (Å²) in [6.07, 6.45) is 2.58. The fraction of sp³-hybridized carbons (Fsp3) is 0.353. The van der Waals surface area contributed by atoms with E-state index in [1.54, 1.807) is 18.2 Å². The monoisotopic (exact) mass is 368 g/mol. The second kappa shape index (κ2) is 8.37. The Labute approximate surface area is 147 Å². The Morgan fingerprint density at radius 3 is 2.40 bits per heavy atom. The van der Waals surface area contributed by atoms with Crippen molar-refractivity contribution in [3.63, 3.8) is 0 Å². The molecule has 1 saturated heterocycles. The van der Waals surface area contributed by atoms with Gasteiger partial charge >= 0.3 is 0 Å². The molecule has 0 spiro atoms. The van der Waals surface area contributed by atoms with E-state index >= 15 is 0 Å². The second-order valence-corrected chi connectivity index (χ2v) is 7.26. The lowest BCUT2D eigenvalue weighted by atomic mass is 10.1. The molecule has 2 heterocycles. The van der Waals surface area contributed by atoms with Crippen LogP contribution in [0.4, 0.5) is 4.39 Å². The number of likely N-dealkylation sites (N-methyl/N-ethyl adjacent to an activating group) is 1.